The topological polar surface area (TPSA) is 70.5 Å². The summed E-state index contributed by atoms with van der Waals surface area (Å²) < 4.78 is 1.10. The third-order valence-electron chi connectivity index (χ3n) is 4.35. The first kappa shape index (κ1) is 16.6. The first-order valence-corrected chi connectivity index (χ1v) is 8.58. The van der Waals surface area contributed by atoms with Gasteiger partial charge in [-0.2, -0.15) is 0 Å². The van der Waals surface area contributed by atoms with Crippen LogP contribution in [0.1, 0.15) is 45.2 Å². The largest absolute Gasteiger partial charge is 0.478 e. The van der Waals surface area contributed by atoms with E-state index in [0.717, 1.165) is 17.3 Å². The Bertz CT molecular complexity index is 770. The highest BCUT2D eigenvalue weighted by molar-refractivity contribution is 9.10. The minimum Gasteiger partial charge on any atom is -0.478 e. The molecule has 0 radical (unpaired) electrons. The van der Waals surface area contributed by atoms with Gasteiger partial charge < -0.3 is 10.0 Å². The van der Waals surface area contributed by atoms with Gasteiger partial charge >= 0.3 is 5.97 Å². The van der Waals surface area contributed by atoms with Gasteiger partial charge in [0.15, 0.2) is 0 Å². The average molecular weight is 389 g/mol. The van der Waals surface area contributed by atoms with E-state index in [1.807, 2.05) is 18.2 Å². The number of nitrogens with zero attached hydrogens (tertiary/aromatic N) is 2. The third kappa shape index (κ3) is 3.48. The fraction of sp³-hybridized carbons (Fsp3) is 0.278. The Labute approximate surface area is 148 Å². The molecule has 0 aliphatic carbocycles. The number of amides is 1. The molecule has 1 aliphatic rings. The van der Waals surface area contributed by atoms with Gasteiger partial charge in [-0.3, -0.25) is 9.78 Å². The Balaban J connectivity index is 1.68. The monoisotopic (exact) mass is 388 g/mol. The van der Waals surface area contributed by atoms with Crippen LogP contribution < -0.4 is 0 Å². The van der Waals surface area contributed by atoms with Crippen molar-refractivity contribution in [1.29, 1.82) is 0 Å². The second-order valence-corrected chi connectivity index (χ2v) is 6.68. The summed E-state index contributed by atoms with van der Waals surface area (Å²) in [6, 6.07) is 10.9. The molecule has 0 spiro atoms. The van der Waals surface area contributed by atoms with Gasteiger partial charge in [0.1, 0.15) is 5.69 Å². The van der Waals surface area contributed by atoms with Crippen LogP contribution >= 0.6 is 15.9 Å². The predicted octanol–water partition coefficient (Wildman–Crippen LogP) is 3.56. The molecule has 1 aromatic heterocycles. The number of aromatic nitrogens is 1. The Kier molecular flexibility index (Phi) is 4.94. The van der Waals surface area contributed by atoms with Crippen molar-refractivity contribution in [2.24, 2.45) is 0 Å². The van der Waals surface area contributed by atoms with Crippen LogP contribution in [0.3, 0.4) is 0 Å². The van der Waals surface area contributed by atoms with Gasteiger partial charge in [0, 0.05) is 23.8 Å². The summed E-state index contributed by atoms with van der Waals surface area (Å²) in [6.07, 6.45) is 3.13. The Morgan fingerprint density at radius 3 is 2.54 bits per heavy atom. The number of carboxylic acid groups (broad SMARTS) is 1. The van der Waals surface area contributed by atoms with Crippen molar-refractivity contribution in [2.75, 3.05) is 13.1 Å². The Morgan fingerprint density at radius 1 is 1.17 bits per heavy atom. The van der Waals surface area contributed by atoms with Crippen LogP contribution in [0.4, 0.5) is 0 Å². The number of hydrogen-bond acceptors (Lipinski definition) is 3. The van der Waals surface area contributed by atoms with Crippen molar-refractivity contribution >= 4 is 27.8 Å². The van der Waals surface area contributed by atoms with Gasteiger partial charge in [0.25, 0.3) is 5.91 Å². The zero-order chi connectivity index (χ0) is 17.1. The maximum Gasteiger partial charge on any atom is 0.335 e. The van der Waals surface area contributed by atoms with Gasteiger partial charge in [0.05, 0.1) is 5.56 Å². The van der Waals surface area contributed by atoms with Crippen LogP contribution in [0.15, 0.2) is 47.1 Å². The average Bonchev–Trinajstić information content (AvgIpc) is 2.62. The quantitative estimate of drug-likeness (QED) is 0.872. The van der Waals surface area contributed by atoms with E-state index in [1.165, 1.54) is 23.9 Å². The normalized spacial score (nSPS) is 15.3. The molecule has 1 amide bonds. The summed E-state index contributed by atoms with van der Waals surface area (Å²) in [7, 11) is 0. The number of carbonyl (C=O) groups is 2. The molecule has 124 valence electrons. The summed E-state index contributed by atoms with van der Waals surface area (Å²) in [5.41, 5.74) is 1.54. The van der Waals surface area contributed by atoms with Gasteiger partial charge in [-0.25, -0.2) is 4.79 Å². The van der Waals surface area contributed by atoms with Crippen LogP contribution in [0.5, 0.6) is 0 Å². The Hall–Kier alpha value is -2.21. The summed E-state index contributed by atoms with van der Waals surface area (Å²) in [6.45, 7) is 1.29. The minimum atomic E-state index is -1.06. The molecule has 0 unspecified atom stereocenters. The van der Waals surface area contributed by atoms with E-state index in [-0.39, 0.29) is 17.2 Å². The van der Waals surface area contributed by atoms with E-state index in [1.54, 1.807) is 4.90 Å². The molecule has 5 nitrogen and oxygen atoms in total. The lowest BCUT2D eigenvalue weighted by atomic mass is 9.89. The van der Waals surface area contributed by atoms with Crippen LogP contribution in [-0.4, -0.2) is 40.0 Å². The van der Waals surface area contributed by atoms with Crippen molar-refractivity contribution in [3.63, 3.8) is 0 Å². The minimum absolute atomic E-state index is 0.0800. The van der Waals surface area contributed by atoms with Crippen molar-refractivity contribution in [3.05, 3.63) is 63.9 Å². The first-order chi connectivity index (χ1) is 11.6. The highest BCUT2D eigenvalue weighted by atomic mass is 79.9. The lowest BCUT2D eigenvalue weighted by molar-refractivity contribution is 0.0696. The number of rotatable bonds is 3. The molecule has 1 N–H and O–H groups in total. The molecule has 2 aromatic rings. The standard InChI is InChI=1S/C18H17BrN2O3/c19-15-4-2-1-3-14(15)12-6-9-21(10-7-12)17(22)16-11-13(18(23)24)5-8-20-16/h1-5,8,11-12H,6-7,9-10H2,(H,23,24). The van der Waals surface area contributed by atoms with Gasteiger partial charge in [0.2, 0.25) is 0 Å². The molecule has 1 fully saturated rings. The molecule has 24 heavy (non-hydrogen) atoms. The van der Waals surface area contributed by atoms with E-state index < -0.39 is 5.97 Å². The fourth-order valence-electron chi connectivity index (χ4n) is 3.04. The molecular formula is C18H17BrN2O3. The molecule has 3 rings (SSSR count). The number of aromatic carboxylic acids is 1. The van der Waals surface area contributed by atoms with Crippen LogP contribution in [0.2, 0.25) is 0 Å². The maximum atomic E-state index is 12.5. The van der Waals surface area contributed by atoms with Gasteiger partial charge in [-0.05, 0) is 42.5 Å². The highest BCUT2D eigenvalue weighted by Crippen LogP contribution is 2.33. The van der Waals surface area contributed by atoms with Crippen LogP contribution in [-0.2, 0) is 0 Å². The predicted molar refractivity (Wildman–Crippen MR) is 93.2 cm³/mol. The zero-order valence-corrected chi connectivity index (χ0v) is 14.6. The number of piperidine rings is 1. The number of benzene rings is 1. The van der Waals surface area contributed by atoms with E-state index in [4.69, 9.17) is 5.11 Å². The molecule has 0 saturated carbocycles. The number of carbonyl (C=O) groups excluding carboxylic acids is 1. The molecule has 2 heterocycles. The molecule has 1 aromatic carbocycles. The SMILES string of the molecule is O=C(O)c1ccnc(C(=O)N2CCC(c3ccccc3Br)CC2)c1. The molecule has 0 bridgehead atoms. The summed E-state index contributed by atoms with van der Waals surface area (Å²) in [5, 5.41) is 9.03. The van der Waals surface area contributed by atoms with Crippen LogP contribution in [0.25, 0.3) is 0 Å². The molecule has 6 heteroatoms. The summed E-state index contributed by atoms with van der Waals surface area (Å²) in [5.74, 6) is -0.842. The first-order valence-electron chi connectivity index (χ1n) is 7.79. The van der Waals surface area contributed by atoms with Crippen molar-refractivity contribution in [3.8, 4) is 0 Å². The Morgan fingerprint density at radius 2 is 1.88 bits per heavy atom. The number of pyridine rings is 1. The lowest BCUT2D eigenvalue weighted by Crippen LogP contribution is -2.38. The number of carboxylic acids is 1. The van der Waals surface area contributed by atoms with E-state index >= 15 is 0 Å². The summed E-state index contributed by atoms with van der Waals surface area (Å²) in [4.78, 5) is 29.4. The van der Waals surface area contributed by atoms with Crippen molar-refractivity contribution < 1.29 is 14.7 Å². The number of halogens is 1. The zero-order valence-electron chi connectivity index (χ0n) is 13.0. The molecule has 0 atom stereocenters. The second-order valence-electron chi connectivity index (χ2n) is 5.82. The summed E-state index contributed by atoms with van der Waals surface area (Å²) >= 11 is 3.59. The molecule has 1 saturated heterocycles. The van der Waals surface area contributed by atoms with Crippen molar-refractivity contribution in [2.45, 2.75) is 18.8 Å². The van der Waals surface area contributed by atoms with E-state index in [2.05, 4.69) is 27.0 Å². The fourth-order valence-corrected chi connectivity index (χ4v) is 3.65. The van der Waals surface area contributed by atoms with Crippen LogP contribution in [0, 0.1) is 0 Å². The van der Waals surface area contributed by atoms with E-state index in [0.29, 0.717) is 19.0 Å². The smallest absolute Gasteiger partial charge is 0.335 e. The van der Waals surface area contributed by atoms with E-state index in [9.17, 15) is 9.59 Å². The molecule has 1 aliphatic heterocycles. The third-order valence-corrected chi connectivity index (χ3v) is 5.08. The number of likely N-dealkylation sites (tertiary alicyclic amines) is 1. The highest BCUT2D eigenvalue weighted by Gasteiger charge is 2.26. The second kappa shape index (κ2) is 7.13. The maximum absolute atomic E-state index is 12.5. The van der Waals surface area contributed by atoms with Gasteiger partial charge in [-0.1, -0.05) is 34.1 Å². The molecular weight excluding hydrogens is 372 g/mol. The van der Waals surface area contributed by atoms with Crippen molar-refractivity contribution in [1.82, 2.24) is 9.88 Å². The lowest BCUT2D eigenvalue weighted by Gasteiger charge is -2.32. The number of hydrogen-bond donors (Lipinski definition) is 1. The van der Waals surface area contributed by atoms with Gasteiger partial charge in [-0.15, -0.1) is 0 Å².